The Bertz CT molecular complexity index is 631. The summed E-state index contributed by atoms with van der Waals surface area (Å²) in [5, 5.41) is 6.01. The molecule has 1 aliphatic rings. The Labute approximate surface area is 156 Å². The third-order valence-corrected chi connectivity index (χ3v) is 4.62. The summed E-state index contributed by atoms with van der Waals surface area (Å²) in [5.74, 6) is 0.0644. The number of piperazine rings is 1. The molecule has 0 radical (unpaired) electrons. The zero-order valence-electron chi connectivity index (χ0n) is 16.6. The van der Waals surface area contributed by atoms with Crippen LogP contribution in [0.4, 0.5) is 5.69 Å². The van der Waals surface area contributed by atoms with Crippen LogP contribution < -0.4 is 10.6 Å². The highest BCUT2D eigenvalue weighted by Gasteiger charge is 2.27. The Morgan fingerprint density at radius 1 is 1.12 bits per heavy atom. The largest absolute Gasteiger partial charge is 0.350 e. The number of hydrogen-bond donors (Lipinski definition) is 2. The molecular weight excluding hydrogens is 328 g/mol. The Morgan fingerprint density at radius 2 is 1.73 bits per heavy atom. The van der Waals surface area contributed by atoms with Crippen molar-refractivity contribution in [3.05, 3.63) is 29.8 Å². The molecule has 1 aromatic carbocycles. The van der Waals surface area contributed by atoms with Crippen LogP contribution in [0.3, 0.4) is 0 Å². The van der Waals surface area contributed by atoms with Crippen LogP contribution in [-0.2, 0) is 9.59 Å². The Morgan fingerprint density at radius 3 is 2.31 bits per heavy atom. The van der Waals surface area contributed by atoms with Gasteiger partial charge in [0.1, 0.15) is 0 Å². The standard InChI is InChI=1S/C20H32N4O2/c1-15-8-6-7-9-17(15)21-19(26)16(2)24-12-10-23(11-13-24)14-18(25)22-20(3,4)5/h6-9,16H,10-14H2,1-5H3,(H,21,26)(H,22,25). The zero-order valence-corrected chi connectivity index (χ0v) is 16.6. The molecule has 26 heavy (non-hydrogen) atoms. The second kappa shape index (κ2) is 8.64. The van der Waals surface area contributed by atoms with E-state index in [0.717, 1.165) is 37.4 Å². The first-order valence-electron chi connectivity index (χ1n) is 9.29. The molecule has 2 rings (SSSR count). The van der Waals surface area contributed by atoms with E-state index in [4.69, 9.17) is 0 Å². The van der Waals surface area contributed by atoms with Crippen molar-refractivity contribution in [3.63, 3.8) is 0 Å². The van der Waals surface area contributed by atoms with Crippen LogP contribution in [0.15, 0.2) is 24.3 Å². The highest BCUT2D eigenvalue weighted by Crippen LogP contribution is 2.15. The van der Waals surface area contributed by atoms with Gasteiger partial charge in [-0.3, -0.25) is 19.4 Å². The minimum Gasteiger partial charge on any atom is -0.350 e. The Balaban J connectivity index is 1.80. The van der Waals surface area contributed by atoms with E-state index in [2.05, 4.69) is 20.4 Å². The lowest BCUT2D eigenvalue weighted by Gasteiger charge is -2.37. The van der Waals surface area contributed by atoms with E-state index >= 15 is 0 Å². The van der Waals surface area contributed by atoms with Crippen molar-refractivity contribution in [3.8, 4) is 0 Å². The van der Waals surface area contributed by atoms with Crippen molar-refractivity contribution in [1.82, 2.24) is 15.1 Å². The lowest BCUT2D eigenvalue weighted by Crippen LogP contribution is -2.55. The number of nitrogens with zero attached hydrogens (tertiary/aromatic N) is 2. The summed E-state index contributed by atoms with van der Waals surface area (Å²) in [6.07, 6.45) is 0. The van der Waals surface area contributed by atoms with Gasteiger partial charge in [0.15, 0.2) is 0 Å². The maximum atomic E-state index is 12.5. The van der Waals surface area contributed by atoms with Gasteiger partial charge in [0, 0.05) is 37.4 Å². The number of nitrogens with one attached hydrogen (secondary N) is 2. The van der Waals surface area contributed by atoms with Crippen LogP contribution in [0.1, 0.15) is 33.3 Å². The third kappa shape index (κ3) is 6.11. The van der Waals surface area contributed by atoms with Crippen LogP contribution in [0.25, 0.3) is 0 Å². The van der Waals surface area contributed by atoms with Crippen molar-refractivity contribution >= 4 is 17.5 Å². The van der Waals surface area contributed by atoms with Crippen LogP contribution in [-0.4, -0.2) is 65.9 Å². The summed E-state index contributed by atoms with van der Waals surface area (Å²) in [6, 6.07) is 7.60. The van der Waals surface area contributed by atoms with E-state index in [1.54, 1.807) is 0 Å². The van der Waals surface area contributed by atoms with Gasteiger partial charge in [-0.2, -0.15) is 0 Å². The van der Waals surface area contributed by atoms with Crippen molar-refractivity contribution in [2.75, 3.05) is 38.0 Å². The average Bonchev–Trinajstić information content (AvgIpc) is 2.55. The first kappa shape index (κ1) is 20.4. The predicted molar refractivity (Wildman–Crippen MR) is 105 cm³/mol. The maximum Gasteiger partial charge on any atom is 0.241 e. The smallest absolute Gasteiger partial charge is 0.241 e. The molecule has 2 amide bonds. The fraction of sp³-hybridized carbons (Fsp3) is 0.600. The number of rotatable bonds is 5. The first-order chi connectivity index (χ1) is 12.2. The fourth-order valence-electron chi connectivity index (χ4n) is 3.09. The Kier molecular flexibility index (Phi) is 6.78. The van der Waals surface area contributed by atoms with E-state index in [0.29, 0.717) is 6.54 Å². The van der Waals surface area contributed by atoms with E-state index in [9.17, 15) is 9.59 Å². The fourth-order valence-corrected chi connectivity index (χ4v) is 3.09. The number of amides is 2. The molecule has 6 nitrogen and oxygen atoms in total. The van der Waals surface area contributed by atoms with Gasteiger partial charge in [-0.15, -0.1) is 0 Å². The van der Waals surface area contributed by atoms with Crippen molar-refractivity contribution in [2.24, 2.45) is 0 Å². The third-order valence-electron chi connectivity index (χ3n) is 4.62. The molecule has 0 aliphatic carbocycles. The van der Waals surface area contributed by atoms with Crippen LogP contribution in [0.5, 0.6) is 0 Å². The van der Waals surface area contributed by atoms with E-state index < -0.39 is 0 Å². The summed E-state index contributed by atoms with van der Waals surface area (Å²) in [6.45, 7) is 13.4. The van der Waals surface area contributed by atoms with Gasteiger partial charge in [0.2, 0.25) is 11.8 Å². The summed E-state index contributed by atoms with van der Waals surface area (Å²) in [5.41, 5.74) is 1.71. The van der Waals surface area contributed by atoms with E-state index in [1.807, 2.05) is 58.9 Å². The molecule has 1 saturated heterocycles. The van der Waals surface area contributed by atoms with Crippen LogP contribution in [0, 0.1) is 6.92 Å². The maximum absolute atomic E-state index is 12.5. The number of carbonyl (C=O) groups excluding carboxylic acids is 2. The molecule has 1 aromatic rings. The number of benzene rings is 1. The number of hydrogen-bond acceptors (Lipinski definition) is 4. The molecule has 1 heterocycles. The molecule has 2 N–H and O–H groups in total. The monoisotopic (exact) mass is 360 g/mol. The zero-order chi connectivity index (χ0) is 19.3. The van der Waals surface area contributed by atoms with Gasteiger partial charge in [-0.05, 0) is 46.2 Å². The lowest BCUT2D eigenvalue weighted by atomic mass is 10.1. The molecule has 1 unspecified atom stereocenters. The molecule has 1 fully saturated rings. The average molecular weight is 361 g/mol. The van der Waals surface area contributed by atoms with Gasteiger partial charge in [0.25, 0.3) is 0 Å². The summed E-state index contributed by atoms with van der Waals surface area (Å²) in [4.78, 5) is 28.9. The normalized spacial score (nSPS) is 17.6. The summed E-state index contributed by atoms with van der Waals surface area (Å²) < 4.78 is 0. The predicted octanol–water partition coefficient (Wildman–Crippen LogP) is 1.85. The van der Waals surface area contributed by atoms with Gasteiger partial charge in [0.05, 0.1) is 12.6 Å². The quantitative estimate of drug-likeness (QED) is 0.841. The molecule has 1 atom stereocenters. The number of anilines is 1. The van der Waals surface area contributed by atoms with Gasteiger partial charge in [-0.25, -0.2) is 0 Å². The summed E-state index contributed by atoms with van der Waals surface area (Å²) >= 11 is 0. The van der Waals surface area contributed by atoms with Gasteiger partial charge < -0.3 is 10.6 Å². The second-order valence-electron chi connectivity index (χ2n) is 8.09. The number of carbonyl (C=O) groups is 2. The van der Waals surface area contributed by atoms with Crippen LogP contribution >= 0.6 is 0 Å². The topological polar surface area (TPSA) is 64.7 Å². The first-order valence-corrected chi connectivity index (χ1v) is 9.29. The molecule has 144 valence electrons. The van der Waals surface area contributed by atoms with E-state index in [1.165, 1.54) is 0 Å². The highest BCUT2D eigenvalue weighted by molar-refractivity contribution is 5.95. The molecule has 0 saturated carbocycles. The molecular formula is C20H32N4O2. The van der Waals surface area contributed by atoms with Crippen molar-refractivity contribution in [2.45, 2.75) is 46.2 Å². The molecule has 0 bridgehead atoms. The number of para-hydroxylation sites is 1. The van der Waals surface area contributed by atoms with E-state index in [-0.39, 0.29) is 23.4 Å². The SMILES string of the molecule is Cc1ccccc1NC(=O)C(C)N1CCN(CC(=O)NC(C)(C)C)CC1. The van der Waals surface area contributed by atoms with Crippen molar-refractivity contribution in [1.29, 1.82) is 0 Å². The molecule has 0 spiro atoms. The highest BCUT2D eigenvalue weighted by atomic mass is 16.2. The molecule has 0 aromatic heterocycles. The molecule has 6 heteroatoms. The minimum absolute atomic E-state index is 0.0122. The molecule has 1 aliphatic heterocycles. The van der Waals surface area contributed by atoms with Gasteiger partial charge in [-0.1, -0.05) is 18.2 Å². The summed E-state index contributed by atoms with van der Waals surface area (Å²) in [7, 11) is 0. The number of aryl methyl sites for hydroxylation is 1. The second-order valence-corrected chi connectivity index (χ2v) is 8.09. The van der Waals surface area contributed by atoms with Gasteiger partial charge >= 0.3 is 0 Å². The van der Waals surface area contributed by atoms with Crippen LogP contribution in [0.2, 0.25) is 0 Å². The minimum atomic E-state index is -0.207. The Hall–Kier alpha value is -1.92. The lowest BCUT2D eigenvalue weighted by molar-refractivity contribution is -0.125. The van der Waals surface area contributed by atoms with Crippen molar-refractivity contribution < 1.29 is 9.59 Å².